The highest BCUT2D eigenvalue weighted by Crippen LogP contribution is 2.30. The zero-order valence-corrected chi connectivity index (χ0v) is 19.7. The van der Waals surface area contributed by atoms with Crippen molar-refractivity contribution in [2.75, 3.05) is 34.4 Å². The van der Waals surface area contributed by atoms with Crippen molar-refractivity contribution in [3.05, 3.63) is 83.9 Å². The first-order valence-corrected chi connectivity index (χ1v) is 12.1. The van der Waals surface area contributed by atoms with Gasteiger partial charge in [-0.05, 0) is 55.3 Å². The summed E-state index contributed by atoms with van der Waals surface area (Å²) < 4.78 is 0. The van der Waals surface area contributed by atoms with Crippen LogP contribution in [0.5, 0.6) is 0 Å². The van der Waals surface area contributed by atoms with E-state index in [1.54, 1.807) is 36.4 Å². The van der Waals surface area contributed by atoms with Crippen LogP contribution in [0.25, 0.3) is 0 Å². The van der Waals surface area contributed by atoms with Gasteiger partial charge in [0, 0.05) is 35.0 Å². The van der Waals surface area contributed by atoms with Gasteiger partial charge < -0.3 is 20.9 Å². The number of carbonyl (C=O) groups is 3. The first-order valence-electron chi connectivity index (χ1n) is 11.1. The van der Waals surface area contributed by atoms with Crippen LogP contribution in [0.2, 0.25) is 0 Å². The van der Waals surface area contributed by atoms with E-state index in [0.717, 1.165) is 17.0 Å². The van der Waals surface area contributed by atoms with E-state index in [0.29, 0.717) is 30.0 Å². The minimum atomic E-state index is -0.307. The quantitative estimate of drug-likeness (QED) is 0.431. The molecule has 0 fully saturated rings. The van der Waals surface area contributed by atoms with Crippen LogP contribution >= 0.6 is 11.8 Å². The van der Waals surface area contributed by atoms with Gasteiger partial charge in [0.25, 0.3) is 5.91 Å². The molecule has 1 aliphatic rings. The Morgan fingerprint density at radius 2 is 1.65 bits per heavy atom. The van der Waals surface area contributed by atoms with Crippen LogP contribution in [0.15, 0.2) is 77.7 Å². The first-order chi connectivity index (χ1) is 16.5. The number of para-hydroxylation sites is 1. The lowest BCUT2D eigenvalue weighted by molar-refractivity contribution is -0.116. The fraction of sp³-hybridized carbons (Fsp3) is 0.192. The zero-order valence-electron chi connectivity index (χ0n) is 18.8. The van der Waals surface area contributed by atoms with Gasteiger partial charge in [-0.3, -0.25) is 9.59 Å². The molecule has 0 unspecified atom stereocenters. The fourth-order valence-corrected chi connectivity index (χ4v) is 4.73. The summed E-state index contributed by atoms with van der Waals surface area (Å²) in [5.74, 6) is -0.0172. The van der Waals surface area contributed by atoms with Crippen molar-refractivity contribution in [2.45, 2.75) is 18.2 Å². The van der Waals surface area contributed by atoms with Crippen molar-refractivity contribution in [3.63, 3.8) is 0 Å². The van der Waals surface area contributed by atoms with Gasteiger partial charge in [-0.15, -0.1) is 11.8 Å². The molecular weight excluding hydrogens is 448 g/mol. The number of hydrogen-bond donors (Lipinski definition) is 3. The molecule has 8 heteroatoms. The lowest BCUT2D eigenvalue weighted by Gasteiger charge is -2.17. The van der Waals surface area contributed by atoms with Gasteiger partial charge in [-0.25, -0.2) is 4.79 Å². The number of urea groups is 1. The highest BCUT2D eigenvalue weighted by atomic mass is 32.2. The van der Waals surface area contributed by atoms with Gasteiger partial charge in [0.2, 0.25) is 5.91 Å². The summed E-state index contributed by atoms with van der Waals surface area (Å²) in [6.07, 6.45) is 0.861. The molecule has 3 aromatic rings. The van der Waals surface area contributed by atoms with Crippen molar-refractivity contribution >= 4 is 46.7 Å². The van der Waals surface area contributed by atoms with Crippen LogP contribution in [-0.4, -0.2) is 36.7 Å². The standard InChI is InChI=1S/C26H26N4O3S/c1-2-27-26(33)29-20-10-7-9-19(16-20)28-25(32)21-11-4-6-13-23(21)34-17-24(31)30-15-14-18-8-3-5-12-22(18)30/h3-13,16H,2,14-15,17H2,1H3,(H,28,32)(H2,27,29,33). The number of nitrogens with one attached hydrogen (secondary N) is 3. The van der Waals surface area contributed by atoms with Gasteiger partial charge in [0.15, 0.2) is 0 Å². The molecule has 3 aromatic carbocycles. The Hall–Kier alpha value is -3.78. The number of anilines is 3. The Bertz CT molecular complexity index is 1210. The lowest BCUT2D eigenvalue weighted by atomic mass is 10.2. The Labute approximate surface area is 202 Å². The molecule has 4 rings (SSSR count). The normalized spacial score (nSPS) is 12.1. The maximum atomic E-state index is 13.0. The zero-order chi connectivity index (χ0) is 23.9. The summed E-state index contributed by atoms with van der Waals surface area (Å²) in [7, 11) is 0. The smallest absolute Gasteiger partial charge is 0.319 e. The van der Waals surface area contributed by atoms with Gasteiger partial charge in [-0.1, -0.05) is 36.4 Å². The summed E-state index contributed by atoms with van der Waals surface area (Å²) in [6, 6.07) is 21.8. The van der Waals surface area contributed by atoms with Crippen LogP contribution in [0.4, 0.5) is 21.9 Å². The molecule has 0 saturated carbocycles. The molecule has 34 heavy (non-hydrogen) atoms. The van der Waals surface area contributed by atoms with Crippen molar-refractivity contribution in [2.24, 2.45) is 0 Å². The number of thioether (sulfide) groups is 1. The Kier molecular flexibility index (Phi) is 7.49. The largest absolute Gasteiger partial charge is 0.338 e. The van der Waals surface area contributed by atoms with E-state index in [4.69, 9.17) is 0 Å². The van der Waals surface area contributed by atoms with E-state index < -0.39 is 0 Å². The first kappa shape index (κ1) is 23.4. The maximum Gasteiger partial charge on any atom is 0.319 e. The molecule has 0 aliphatic carbocycles. The number of carbonyl (C=O) groups excluding carboxylic acids is 3. The number of amides is 4. The summed E-state index contributed by atoms with van der Waals surface area (Å²) in [5, 5.41) is 8.27. The third-order valence-electron chi connectivity index (χ3n) is 5.39. The van der Waals surface area contributed by atoms with E-state index in [1.165, 1.54) is 17.3 Å². The van der Waals surface area contributed by atoms with Crippen LogP contribution in [-0.2, 0) is 11.2 Å². The van der Waals surface area contributed by atoms with E-state index in [-0.39, 0.29) is 23.6 Å². The van der Waals surface area contributed by atoms with Crippen LogP contribution in [0.3, 0.4) is 0 Å². The molecule has 4 amide bonds. The van der Waals surface area contributed by atoms with Crippen molar-refractivity contribution in [3.8, 4) is 0 Å². The summed E-state index contributed by atoms with van der Waals surface area (Å²) in [6.45, 7) is 3.04. The molecule has 3 N–H and O–H groups in total. The number of rotatable bonds is 7. The summed E-state index contributed by atoms with van der Waals surface area (Å²) >= 11 is 1.36. The molecule has 0 atom stereocenters. The lowest BCUT2D eigenvalue weighted by Crippen LogP contribution is -2.30. The summed E-state index contributed by atoms with van der Waals surface area (Å²) in [4.78, 5) is 40.2. The number of fused-ring (bicyclic) bond motifs is 1. The average Bonchev–Trinajstić information content (AvgIpc) is 3.27. The minimum Gasteiger partial charge on any atom is -0.338 e. The molecule has 0 saturated heterocycles. The maximum absolute atomic E-state index is 13.0. The fourth-order valence-electron chi connectivity index (χ4n) is 3.80. The molecule has 1 heterocycles. The highest BCUT2D eigenvalue weighted by molar-refractivity contribution is 8.00. The van der Waals surface area contributed by atoms with Crippen molar-refractivity contribution < 1.29 is 14.4 Å². The third kappa shape index (κ3) is 5.58. The van der Waals surface area contributed by atoms with Gasteiger partial charge in [0.1, 0.15) is 0 Å². The second-order valence-electron chi connectivity index (χ2n) is 7.73. The molecule has 7 nitrogen and oxygen atoms in total. The summed E-state index contributed by atoms with van der Waals surface area (Å²) in [5.41, 5.74) is 3.78. The average molecular weight is 475 g/mol. The van der Waals surface area contributed by atoms with Gasteiger partial charge in [0.05, 0.1) is 11.3 Å². The number of benzene rings is 3. The van der Waals surface area contributed by atoms with E-state index in [2.05, 4.69) is 22.0 Å². The molecule has 0 bridgehead atoms. The predicted molar refractivity (Wildman–Crippen MR) is 137 cm³/mol. The van der Waals surface area contributed by atoms with Gasteiger partial charge in [-0.2, -0.15) is 0 Å². The van der Waals surface area contributed by atoms with E-state index in [9.17, 15) is 14.4 Å². The van der Waals surface area contributed by atoms with E-state index in [1.807, 2.05) is 42.2 Å². The number of hydrogen-bond acceptors (Lipinski definition) is 4. The third-order valence-corrected chi connectivity index (χ3v) is 6.44. The second kappa shape index (κ2) is 10.9. The van der Waals surface area contributed by atoms with E-state index >= 15 is 0 Å². The molecule has 1 aliphatic heterocycles. The monoisotopic (exact) mass is 474 g/mol. The molecule has 0 spiro atoms. The molecular formula is C26H26N4O3S. The Morgan fingerprint density at radius 3 is 2.47 bits per heavy atom. The highest BCUT2D eigenvalue weighted by Gasteiger charge is 2.24. The van der Waals surface area contributed by atoms with Crippen molar-refractivity contribution in [1.82, 2.24) is 5.32 Å². The van der Waals surface area contributed by atoms with Gasteiger partial charge >= 0.3 is 6.03 Å². The minimum absolute atomic E-state index is 0.0225. The topological polar surface area (TPSA) is 90.5 Å². The molecule has 174 valence electrons. The van der Waals surface area contributed by atoms with Crippen LogP contribution < -0.4 is 20.9 Å². The predicted octanol–water partition coefficient (Wildman–Crippen LogP) is 4.76. The van der Waals surface area contributed by atoms with Crippen molar-refractivity contribution in [1.29, 1.82) is 0 Å². The molecule has 0 radical (unpaired) electrons. The Morgan fingerprint density at radius 1 is 0.912 bits per heavy atom. The number of nitrogens with zero attached hydrogens (tertiary/aromatic N) is 1. The SMILES string of the molecule is CCNC(=O)Nc1cccc(NC(=O)c2ccccc2SCC(=O)N2CCc3ccccc32)c1. The van der Waals surface area contributed by atoms with Crippen LogP contribution in [0, 0.1) is 0 Å². The van der Waals surface area contributed by atoms with Crippen LogP contribution in [0.1, 0.15) is 22.8 Å². The second-order valence-corrected chi connectivity index (χ2v) is 8.75. The Balaban J connectivity index is 1.41. The molecule has 0 aromatic heterocycles.